The van der Waals surface area contributed by atoms with Gasteiger partial charge in [-0.05, 0) is 31.0 Å². The first-order valence-corrected chi connectivity index (χ1v) is 8.71. The lowest BCUT2D eigenvalue weighted by Crippen LogP contribution is -2.29. The monoisotopic (exact) mass is 365 g/mol. The molecule has 0 radical (unpaired) electrons. The number of halogens is 1. The number of ether oxygens (including phenoxy) is 2. The molecule has 0 aliphatic heterocycles. The van der Waals surface area contributed by atoms with Gasteiger partial charge in [0.15, 0.2) is 0 Å². The molecule has 114 valence electrons. The van der Waals surface area contributed by atoms with Gasteiger partial charge in [0.1, 0.15) is 6.79 Å². The van der Waals surface area contributed by atoms with Crippen molar-refractivity contribution in [1.29, 1.82) is 0 Å². The highest BCUT2D eigenvalue weighted by Crippen LogP contribution is 2.18. The zero-order valence-electron chi connectivity index (χ0n) is 11.6. The van der Waals surface area contributed by atoms with E-state index in [1.54, 1.807) is 0 Å². The third-order valence-corrected chi connectivity index (χ3v) is 4.64. The Morgan fingerprint density at radius 3 is 2.80 bits per heavy atom. The summed E-state index contributed by atoms with van der Waals surface area (Å²) < 4.78 is 37.2. The molecule has 0 spiro atoms. The van der Waals surface area contributed by atoms with E-state index in [1.165, 1.54) is 7.11 Å². The minimum Gasteiger partial charge on any atom is -0.359 e. The van der Waals surface area contributed by atoms with Gasteiger partial charge in [-0.3, -0.25) is 0 Å². The van der Waals surface area contributed by atoms with Gasteiger partial charge in [-0.2, -0.15) is 0 Å². The smallest absolute Gasteiger partial charge is 0.212 e. The summed E-state index contributed by atoms with van der Waals surface area (Å²) >= 11 is 3.37. The molecule has 0 fully saturated rings. The van der Waals surface area contributed by atoms with Crippen molar-refractivity contribution < 1.29 is 17.9 Å². The number of hydrogen-bond donors (Lipinski definition) is 1. The molecule has 0 amide bonds. The molecule has 0 unspecified atom stereocenters. The van der Waals surface area contributed by atoms with Gasteiger partial charge < -0.3 is 9.47 Å². The van der Waals surface area contributed by atoms with Crippen molar-refractivity contribution in [2.75, 3.05) is 26.3 Å². The Bertz CT molecular complexity index is 507. The van der Waals surface area contributed by atoms with Crippen LogP contribution in [0.25, 0.3) is 0 Å². The maximum Gasteiger partial charge on any atom is 0.212 e. The SMILES string of the molecule is COCOCCCS(=O)(=O)N[C@H](C)c1cccc(Br)c1. The predicted molar refractivity (Wildman–Crippen MR) is 81.9 cm³/mol. The summed E-state index contributed by atoms with van der Waals surface area (Å²) in [6, 6.07) is 7.30. The molecule has 20 heavy (non-hydrogen) atoms. The van der Waals surface area contributed by atoms with E-state index in [4.69, 9.17) is 9.47 Å². The summed E-state index contributed by atoms with van der Waals surface area (Å²) in [4.78, 5) is 0. The number of sulfonamides is 1. The molecule has 1 aromatic rings. The second-order valence-corrected chi connectivity index (χ2v) is 7.17. The van der Waals surface area contributed by atoms with Gasteiger partial charge in [-0.15, -0.1) is 0 Å². The minimum atomic E-state index is -3.32. The average molecular weight is 366 g/mol. The van der Waals surface area contributed by atoms with Crippen LogP contribution in [0.5, 0.6) is 0 Å². The number of hydrogen-bond acceptors (Lipinski definition) is 4. The third kappa shape index (κ3) is 6.81. The molecule has 5 nitrogen and oxygen atoms in total. The highest BCUT2D eigenvalue weighted by atomic mass is 79.9. The molecule has 1 N–H and O–H groups in total. The van der Waals surface area contributed by atoms with Crippen molar-refractivity contribution in [3.63, 3.8) is 0 Å². The largest absolute Gasteiger partial charge is 0.359 e. The second-order valence-electron chi connectivity index (χ2n) is 4.38. The lowest BCUT2D eigenvalue weighted by molar-refractivity contribution is -0.0298. The Balaban J connectivity index is 2.45. The fourth-order valence-electron chi connectivity index (χ4n) is 1.67. The van der Waals surface area contributed by atoms with E-state index >= 15 is 0 Å². The van der Waals surface area contributed by atoms with Crippen LogP contribution in [-0.2, 0) is 19.5 Å². The predicted octanol–water partition coefficient (Wildman–Crippen LogP) is 2.44. The zero-order valence-corrected chi connectivity index (χ0v) is 14.0. The molecule has 0 saturated heterocycles. The van der Waals surface area contributed by atoms with Crippen LogP contribution >= 0.6 is 15.9 Å². The first-order chi connectivity index (χ1) is 9.44. The first kappa shape index (κ1) is 17.6. The molecule has 0 bridgehead atoms. The quantitative estimate of drug-likeness (QED) is 0.539. The van der Waals surface area contributed by atoms with E-state index in [9.17, 15) is 8.42 Å². The van der Waals surface area contributed by atoms with Gasteiger partial charge in [0.25, 0.3) is 0 Å². The van der Waals surface area contributed by atoms with Gasteiger partial charge in [0.2, 0.25) is 10.0 Å². The van der Waals surface area contributed by atoms with Crippen LogP contribution in [0, 0.1) is 0 Å². The van der Waals surface area contributed by atoms with Crippen LogP contribution in [-0.4, -0.2) is 34.7 Å². The summed E-state index contributed by atoms with van der Waals surface area (Å²) in [5, 5.41) is 0. The fourth-order valence-corrected chi connectivity index (χ4v) is 3.37. The maximum absolute atomic E-state index is 11.9. The lowest BCUT2D eigenvalue weighted by Gasteiger charge is -2.15. The molecule has 1 atom stereocenters. The second kappa shape index (κ2) is 8.74. The van der Waals surface area contributed by atoms with E-state index in [1.807, 2.05) is 31.2 Å². The molecule has 0 aliphatic carbocycles. The van der Waals surface area contributed by atoms with E-state index in [2.05, 4.69) is 20.7 Å². The third-order valence-electron chi connectivity index (χ3n) is 2.61. The molecule has 1 aromatic carbocycles. The molecule has 0 heterocycles. The van der Waals surface area contributed by atoms with E-state index in [0.717, 1.165) is 10.0 Å². The van der Waals surface area contributed by atoms with Crippen molar-refractivity contribution in [2.45, 2.75) is 19.4 Å². The Morgan fingerprint density at radius 1 is 1.40 bits per heavy atom. The topological polar surface area (TPSA) is 64.6 Å². The average Bonchev–Trinajstić information content (AvgIpc) is 2.38. The Labute approximate surface area is 128 Å². The highest BCUT2D eigenvalue weighted by molar-refractivity contribution is 9.10. The summed E-state index contributed by atoms with van der Waals surface area (Å²) in [7, 11) is -1.79. The van der Waals surface area contributed by atoms with Gasteiger partial charge in [-0.1, -0.05) is 28.1 Å². The van der Waals surface area contributed by atoms with Gasteiger partial charge in [0.05, 0.1) is 12.4 Å². The Morgan fingerprint density at radius 2 is 2.15 bits per heavy atom. The van der Waals surface area contributed by atoms with E-state index in [-0.39, 0.29) is 18.6 Å². The highest BCUT2D eigenvalue weighted by Gasteiger charge is 2.15. The standard InChI is InChI=1S/C13H20BrNO4S/c1-11(12-5-3-6-13(14)9-12)15-20(16,17)8-4-7-19-10-18-2/h3,5-6,9,11,15H,4,7-8,10H2,1-2H3/t11-/m1/s1. The van der Waals surface area contributed by atoms with Crippen molar-refractivity contribution in [3.8, 4) is 0 Å². The van der Waals surface area contributed by atoms with Gasteiger partial charge in [-0.25, -0.2) is 13.1 Å². The van der Waals surface area contributed by atoms with E-state index < -0.39 is 10.0 Å². The molecule has 0 saturated carbocycles. The minimum absolute atomic E-state index is 0.0368. The summed E-state index contributed by atoms with van der Waals surface area (Å²) in [5.74, 6) is 0.0368. The van der Waals surface area contributed by atoms with Crippen molar-refractivity contribution in [3.05, 3.63) is 34.3 Å². The first-order valence-electron chi connectivity index (χ1n) is 6.27. The van der Waals surface area contributed by atoms with Crippen LogP contribution < -0.4 is 4.72 Å². The number of nitrogens with one attached hydrogen (secondary N) is 1. The molecule has 7 heteroatoms. The number of benzene rings is 1. The van der Waals surface area contributed by atoms with Crippen LogP contribution in [0.15, 0.2) is 28.7 Å². The molecule has 0 aliphatic rings. The summed E-state index contributed by atoms with van der Waals surface area (Å²) in [6.45, 7) is 2.36. The van der Waals surface area contributed by atoms with Crippen LogP contribution in [0.3, 0.4) is 0 Å². The van der Waals surface area contributed by atoms with Crippen molar-refractivity contribution in [2.24, 2.45) is 0 Å². The van der Waals surface area contributed by atoms with Crippen molar-refractivity contribution in [1.82, 2.24) is 4.72 Å². The molecular weight excluding hydrogens is 346 g/mol. The summed E-state index contributed by atoms with van der Waals surface area (Å²) in [5.41, 5.74) is 0.915. The maximum atomic E-state index is 11.9. The molecule has 0 aromatic heterocycles. The zero-order chi connectivity index (χ0) is 15.0. The molecular formula is C13H20BrNO4S. The fraction of sp³-hybridized carbons (Fsp3) is 0.538. The lowest BCUT2D eigenvalue weighted by atomic mass is 10.1. The van der Waals surface area contributed by atoms with Crippen LogP contribution in [0.4, 0.5) is 0 Å². The number of methoxy groups -OCH3 is 1. The Kier molecular flexibility index (Phi) is 7.68. The van der Waals surface area contributed by atoms with E-state index in [0.29, 0.717) is 13.0 Å². The van der Waals surface area contributed by atoms with Crippen molar-refractivity contribution >= 4 is 26.0 Å². The van der Waals surface area contributed by atoms with Crippen LogP contribution in [0.2, 0.25) is 0 Å². The number of rotatable bonds is 9. The van der Waals surface area contributed by atoms with Gasteiger partial charge >= 0.3 is 0 Å². The van der Waals surface area contributed by atoms with Crippen LogP contribution in [0.1, 0.15) is 24.9 Å². The molecule has 1 rings (SSSR count). The van der Waals surface area contributed by atoms with Gasteiger partial charge in [0, 0.05) is 17.6 Å². The Hall–Kier alpha value is -0.470. The normalized spacial score (nSPS) is 13.3. The summed E-state index contributed by atoms with van der Waals surface area (Å²) in [6.07, 6.45) is 0.434.